The van der Waals surface area contributed by atoms with Gasteiger partial charge in [0.05, 0.1) is 23.5 Å². The van der Waals surface area contributed by atoms with Gasteiger partial charge in [0.1, 0.15) is 5.75 Å². The van der Waals surface area contributed by atoms with Crippen LogP contribution in [0.4, 0.5) is 11.4 Å². The number of methoxy groups -OCH3 is 1. The van der Waals surface area contributed by atoms with E-state index in [9.17, 15) is 23.3 Å². The van der Waals surface area contributed by atoms with Crippen molar-refractivity contribution in [3.05, 3.63) is 62.6 Å². The topological polar surface area (TPSA) is 119 Å². The minimum Gasteiger partial charge on any atom is -0.495 e. The zero-order valence-corrected chi connectivity index (χ0v) is 19.2. The molecular formula is C20H22BrN3O6S. The Balaban J connectivity index is 1.62. The van der Waals surface area contributed by atoms with E-state index in [4.69, 9.17) is 4.74 Å². The molecule has 1 amide bonds. The summed E-state index contributed by atoms with van der Waals surface area (Å²) < 4.78 is 32.9. The van der Waals surface area contributed by atoms with Crippen molar-refractivity contribution >= 4 is 43.2 Å². The average Bonchev–Trinajstić information content (AvgIpc) is 2.73. The first-order valence-corrected chi connectivity index (χ1v) is 12.0. The molecule has 9 nitrogen and oxygen atoms in total. The maximum Gasteiger partial charge on any atom is 0.271 e. The normalized spacial score (nSPS) is 15.4. The summed E-state index contributed by atoms with van der Waals surface area (Å²) in [6.45, 7) is 0.473. The number of rotatable bonds is 7. The van der Waals surface area contributed by atoms with Crippen LogP contribution in [0.3, 0.4) is 0 Å². The molecule has 0 radical (unpaired) electrons. The Bertz CT molecular complexity index is 1080. The van der Waals surface area contributed by atoms with E-state index >= 15 is 0 Å². The third kappa shape index (κ3) is 5.81. The second kappa shape index (κ2) is 9.75. The molecule has 0 unspecified atom stereocenters. The van der Waals surface area contributed by atoms with Gasteiger partial charge in [-0.2, -0.15) is 0 Å². The van der Waals surface area contributed by atoms with Crippen LogP contribution in [-0.4, -0.2) is 43.8 Å². The highest BCUT2D eigenvalue weighted by atomic mass is 79.9. The van der Waals surface area contributed by atoms with Crippen molar-refractivity contribution in [2.24, 2.45) is 5.92 Å². The molecule has 0 aromatic heterocycles. The highest BCUT2D eigenvalue weighted by Gasteiger charge is 2.31. The zero-order chi connectivity index (χ0) is 22.6. The first kappa shape index (κ1) is 23.2. The van der Waals surface area contributed by atoms with Gasteiger partial charge in [0.2, 0.25) is 15.9 Å². The third-order valence-corrected chi connectivity index (χ3v) is 7.45. The minimum absolute atomic E-state index is 0.103. The van der Waals surface area contributed by atoms with E-state index in [2.05, 4.69) is 21.2 Å². The molecule has 1 aliphatic heterocycles. The molecule has 1 saturated heterocycles. The summed E-state index contributed by atoms with van der Waals surface area (Å²) in [6.07, 6.45) is 0.724. The number of nitro benzene ring substituents is 1. The fourth-order valence-electron chi connectivity index (χ4n) is 3.47. The summed E-state index contributed by atoms with van der Waals surface area (Å²) in [6, 6.07) is 11.1. The number of benzene rings is 2. The number of carbonyl (C=O) groups excluding carboxylic acids is 1. The van der Waals surface area contributed by atoms with E-state index in [1.807, 2.05) is 6.07 Å². The van der Waals surface area contributed by atoms with E-state index < -0.39 is 20.9 Å². The van der Waals surface area contributed by atoms with Crippen LogP contribution < -0.4 is 10.1 Å². The number of nitro groups is 1. The molecular weight excluding hydrogens is 490 g/mol. The molecule has 0 bridgehead atoms. The Morgan fingerprint density at radius 1 is 1.26 bits per heavy atom. The molecule has 31 heavy (non-hydrogen) atoms. The number of anilines is 1. The number of piperidine rings is 1. The smallest absolute Gasteiger partial charge is 0.271 e. The molecule has 11 heteroatoms. The maximum absolute atomic E-state index is 12.7. The molecule has 0 spiro atoms. The summed E-state index contributed by atoms with van der Waals surface area (Å²) in [7, 11) is -2.09. The quantitative estimate of drug-likeness (QED) is 0.448. The molecule has 2 aromatic rings. The lowest BCUT2D eigenvalue weighted by Gasteiger charge is -2.30. The summed E-state index contributed by atoms with van der Waals surface area (Å²) in [4.78, 5) is 23.1. The average molecular weight is 512 g/mol. The molecule has 1 aliphatic rings. The molecule has 0 aliphatic carbocycles. The van der Waals surface area contributed by atoms with Gasteiger partial charge in [-0.25, -0.2) is 12.7 Å². The number of nitrogens with zero attached hydrogens (tertiary/aromatic N) is 2. The van der Waals surface area contributed by atoms with Gasteiger partial charge in [-0.05, 0) is 36.6 Å². The molecule has 3 rings (SSSR count). The van der Waals surface area contributed by atoms with Crippen molar-refractivity contribution in [1.82, 2.24) is 4.31 Å². The van der Waals surface area contributed by atoms with Crippen LogP contribution in [0.5, 0.6) is 5.75 Å². The molecule has 2 aromatic carbocycles. The summed E-state index contributed by atoms with van der Waals surface area (Å²) in [5.41, 5.74) is 0.739. The number of sulfonamides is 1. The Kier molecular flexibility index (Phi) is 7.29. The van der Waals surface area contributed by atoms with E-state index in [1.165, 1.54) is 29.6 Å². The fourth-order valence-corrected chi connectivity index (χ4v) is 5.46. The van der Waals surface area contributed by atoms with Crippen molar-refractivity contribution < 1.29 is 22.9 Å². The highest BCUT2D eigenvalue weighted by molar-refractivity contribution is 9.10. The Morgan fingerprint density at radius 2 is 1.97 bits per heavy atom. The lowest BCUT2D eigenvalue weighted by molar-refractivity contribution is -0.384. The number of halogens is 1. The predicted molar refractivity (Wildman–Crippen MR) is 119 cm³/mol. The highest BCUT2D eigenvalue weighted by Crippen LogP contribution is 2.30. The van der Waals surface area contributed by atoms with Crippen LogP contribution in [0.2, 0.25) is 0 Å². The van der Waals surface area contributed by atoms with Gasteiger partial charge in [-0.3, -0.25) is 14.9 Å². The summed E-state index contributed by atoms with van der Waals surface area (Å²) in [5, 5.41) is 13.7. The zero-order valence-electron chi connectivity index (χ0n) is 16.8. The summed E-state index contributed by atoms with van der Waals surface area (Å²) >= 11 is 3.34. The van der Waals surface area contributed by atoms with Gasteiger partial charge >= 0.3 is 0 Å². The molecule has 166 valence electrons. The van der Waals surface area contributed by atoms with E-state index in [1.54, 1.807) is 18.2 Å². The molecule has 0 atom stereocenters. The van der Waals surface area contributed by atoms with E-state index in [-0.39, 0.29) is 36.1 Å². The van der Waals surface area contributed by atoms with Crippen LogP contribution in [0, 0.1) is 16.0 Å². The van der Waals surface area contributed by atoms with Crippen LogP contribution in [0.1, 0.15) is 18.4 Å². The first-order chi connectivity index (χ1) is 14.7. The van der Waals surface area contributed by atoms with Gasteiger partial charge in [0, 0.05) is 35.6 Å². The standard InChI is InChI=1S/C20H22BrN3O6S/c1-30-19-6-5-17(24(26)27)12-18(19)22-20(25)15-7-9-23(10-8-15)31(28,29)13-14-3-2-4-16(21)11-14/h2-6,11-12,15H,7-10,13H2,1H3,(H,22,25). The Morgan fingerprint density at radius 3 is 2.58 bits per heavy atom. The first-order valence-electron chi connectivity index (χ1n) is 9.55. The van der Waals surface area contributed by atoms with Crippen molar-refractivity contribution in [3.8, 4) is 5.75 Å². The SMILES string of the molecule is COc1ccc([N+](=O)[O-])cc1NC(=O)C1CCN(S(=O)(=O)Cc2cccc(Br)c2)CC1. The van der Waals surface area contributed by atoms with Crippen LogP contribution in [0.15, 0.2) is 46.9 Å². The number of carbonyl (C=O) groups is 1. The number of non-ortho nitro benzene ring substituents is 1. The molecule has 1 fully saturated rings. The number of ether oxygens (including phenoxy) is 1. The molecule has 0 saturated carbocycles. The number of hydrogen-bond acceptors (Lipinski definition) is 6. The number of hydrogen-bond donors (Lipinski definition) is 1. The maximum atomic E-state index is 12.7. The fraction of sp³-hybridized carbons (Fsp3) is 0.350. The second-order valence-corrected chi connectivity index (χ2v) is 10.1. The number of amides is 1. The molecule has 1 N–H and O–H groups in total. The van der Waals surface area contributed by atoms with Crippen LogP contribution in [-0.2, 0) is 20.6 Å². The Hall–Kier alpha value is -2.50. The monoisotopic (exact) mass is 511 g/mol. The van der Waals surface area contributed by atoms with E-state index in [0.717, 1.165) is 4.47 Å². The van der Waals surface area contributed by atoms with Crippen molar-refractivity contribution in [3.63, 3.8) is 0 Å². The summed E-state index contributed by atoms with van der Waals surface area (Å²) in [5.74, 6) is -0.508. The van der Waals surface area contributed by atoms with Gasteiger partial charge < -0.3 is 10.1 Å². The van der Waals surface area contributed by atoms with Crippen LogP contribution in [0.25, 0.3) is 0 Å². The number of nitrogens with one attached hydrogen (secondary N) is 1. The molecule has 1 heterocycles. The van der Waals surface area contributed by atoms with Gasteiger partial charge in [-0.15, -0.1) is 0 Å². The lowest BCUT2D eigenvalue weighted by atomic mass is 9.97. The minimum atomic E-state index is -3.50. The van der Waals surface area contributed by atoms with Gasteiger partial charge in [0.25, 0.3) is 5.69 Å². The van der Waals surface area contributed by atoms with Crippen molar-refractivity contribution in [2.45, 2.75) is 18.6 Å². The second-order valence-electron chi connectivity index (χ2n) is 7.19. The largest absolute Gasteiger partial charge is 0.495 e. The van der Waals surface area contributed by atoms with Crippen LogP contribution >= 0.6 is 15.9 Å². The van der Waals surface area contributed by atoms with Gasteiger partial charge in [0.15, 0.2) is 0 Å². The van der Waals surface area contributed by atoms with Crippen molar-refractivity contribution in [1.29, 1.82) is 0 Å². The lowest BCUT2D eigenvalue weighted by Crippen LogP contribution is -2.41. The third-order valence-electron chi connectivity index (χ3n) is 5.11. The Labute approximate surface area is 188 Å². The van der Waals surface area contributed by atoms with Crippen molar-refractivity contribution in [2.75, 3.05) is 25.5 Å². The van der Waals surface area contributed by atoms with E-state index in [0.29, 0.717) is 24.2 Å². The van der Waals surface area contributed by atoms with Gasteiger partial charge in [-0.1, -0.05) is 28.1 Å². The predicted octanol–water partition coefficient (Wildman–Crippen LogP) is 3.55.